The van der Waals surface area contributed by atoms with Crippen LogP contribution in [0.4, 0.5) is 4.39 Å². The van der Waals surface area contributed by atoms with Gasteiger partial charge in [-0.15, -0.1) is 0 Å². The number of methoxy groups -OCH3 is 1. The molecule has 1 rings (SSSR count). The highest BCUT2D eigenvalue weighted by Gasteiger charge is 2.10. The number of esters is 2. The van der Waals surface area contributed by atoms with Gasteiger partial charge in [-0.3, -0.25) is 9.59 Å². The lowest BCUT2D eigenvalue weighted by Crippen LogP contribution is -2.30. The van der Waals surface area contributed by atoms with E-state index in [0.29, 0.717) is 6.42 Å². The molecule has 0 aliphatic heterocycles. The summed E-state index contributed by atoms with van der Waals surface area (Å²) < 4.78 is 27.1. The van der Waals surface area contributed by atoms with Gasteiger partial charge in [0.25, 0.3) is 5.91 Å². The summed E-state index contributed by atoms with van der Waals surface area (Å²) >= 11 is 5.73. The van der Waals surface area contributed by atoms with Gasteiger partial charge in [0.05, 0.1) is 12.1 Å². The Morgan fingerprint density at radius 1 is 1.21 bits per heavy atom. The maximum Gasteiger partial charge on any atom is 0.344 e. The van der Waals surface area contributed by atoms with Crippen molar-refractivity contribution in [3.63, 3.8) is 0 Å². The summed E-state index contributed by atoms with van der Waals surface area (Å²) in [5.41, 5.74) is 0. The predicted octanol–water partition coefficient (Wildman–Crippen LogP) is 1.47. The predicted molar refractivity (Wildman–Crippen MR) is 82.1 cm³/mol. The molecule has 0 fully saturated rings. The molecule has 1 amide bonds. The molecule has 0 aliphatic carbocycles. The fourth-order valence-corrected chi connectivity index (χ4v) is 1.75. The van der Waals surface area contributed by atoms with Crippen LogP contribution >= 0.6 is 11.6 Å². The van der Waals surface area contributed by atoms with Gasteiger partial charge in [0.2, 0.25) is 0 Å². The Kier molecular flexibility index (Phi) is 8.56. The van der Waals surface area contributed by atoms with Gasteiger partial charge in [0, 0.05) is 13.0 Å². The van der Waals surface area contributed by atoms with Crippen molar-refractivity contribution in [2.75, 3.05) is 26.9 Å². The van der Waals surface area contributed by atoms with E-state index in [1.54, 1.807) is 0 Å². The lowest BCUT2D eigenvalue weighted by Gasteiger charge is -2.08. The molecule has 0 aromatic heterocycles. The monoisotopic (exact) mass is 361 g/mol. The van der Waals surface area contributed by atoms with E-state index >= 15 is 0 Å². The number of nitrogens with one attached hydrogen (secondary N) is 1. The number of hydrogen-bond donors (Lipinski definition) is 1. The Hall–Kier alpha value is -2.35. The number of carbonyl (C=O) groups is 3. The number of amides is 1. The van der Waals surface area contributed by atoms with E-state index < -0.39 is 30.9 Å². The molecule has 0 radical (unpaired) electrons. The van der Waals surface area contributed by atoms with Gasteiger partial charge < -0.3 is 19.5 Å². The molecular weight excluding hydrogens is 345 g/mol. The molecule has 0 saturated heterocycles. The van der Waals surface area contributed by atoms with Gasteiger partial charge >= 0.3 is 11.9 Å². The third kappa shape index (κ3) is 7.77. The van der Waals surface area contributed by atoms with E-state index in [1.165, 1.54) is 13.2 Å². The molecule has 1 N–H and O–H groups in total. The summed E-state index contributed by atoms with van der Waals surface area (Å²) in [6.07, 6.45) is 0.599. The van der Waals surface area contributed by atoms with Crippen molar-refractivity contribution in [2.45, 2.75) is 12.8 Å². The fraction of sp³-hybridized carbons (Fsp3) is 0.400. The average Bonchev–Trinajstić information content (AvgIpc) is 2.55. The number of hydrogen-bond acceptors (Lipinski definition) is 6. The highest BCUT2D eigenvalue weighted by molar-refractivity contribution is 6.32. The molecule has 0 saturated carbocycles. The standard InChI is InChI=1S/C15H17ClFNO6/c1-22-14(20)3-2-6-18-13(19)8-24-15(21)9-23-12-5-4-10(17)7-11(12)16/h4-5,7H,2-3,6,8-9H2,1H3,(H,18,19). The van der Waals surface area contributed by atoms with Crippen LogP contribution in [0.2, 0.25) is 5.02 Å². The first kappa shape index (κ1) is 19.7. The van der Waals surface area contributed by atoms with Crippen LogP contribution in [-0.4, -0.2) is 44.7 Å². The van der Waals surface area contributed by atoms with Crippen LogP contribution in [0.25, 0.3) is 0 Å². The molecule has 0 bridgehead atoms. The summed E-state index contributed by atoms with van der Waals surface area (Å²) in [5.74, 6) is -2.05. The first-order valence-corrected chi connectivity index (χ1v) is 7.37. The zero-order valence-corrected chi connectivity index (χ0v) is 13.7. The molecular formula is C15H17ClFNO6. The van der Waals surface area contributed by atoms with Gasteiger partial charge in [0.1, 0.15) is 11.6 Å². The first-order valence-electron chi connectivity index (χ1n) is 6.99. The minimum absolute atomic E-state index is 0.0196. The third-order valence-electron chi connectivity index (χ3n) is 2.71. The maximum absolute atomic E-state index is 12.8. The Balaban J connectivity index is 2.19. The summed E-state index contributed by atoms with van der Waals surface area (Å²) in [5, 5.41) is 2.50. The van der Waals surface area contributed by atoms with Crippen LogP contribution in [0.3, 0.4) is 0 Å². The smallest absolute Gasteiger partial charge is 0.344 e. The van der Waals surface area contributed by atoms with Crippen LogP contribution in [0.5, 0.6) is 5.75 Å². The highest BCUT2D eigenvalue weighted by Crippen LogP contribution is 2.24. The molecule has 24 heavy (non-hydrogen) atoms. The molecule has 0 aliphatic rings. The molecule has 0 atom stereocenters. The van der Waals surface area contributed by atoms with Crippen LogP contribution in [0, 0.1) is 5.82 Å². The number of halogens is 2. The summed E-state index contributed by atoms with van der Waals surface area (Å²) in [6.45, 7) is -0.689. The van der Waals surface area contributed by atoms with Crippen LogP contribution in [0.15, 0.2) is 18.2 Å². The number of rotatable bonds is 9. The zero-order chi connectivity index (χ0) is 17.9. The maximum atomic E-state index is 12.8. The van der Waals surface area contributed by atoms with Crippen LogP contribution in [0.1, 0.15) is 12.8 Å². The molecule has 9 heteroatoms. The van der Waals surface area contributed by atoms with E-state index in [1.807, 2.05) is 0 Å². The summed E-state index contributed by atoms with van der Waals surface area (Å²) in [6, 6.07) is 3.46. The average molecular weight is 362 g/mol. The Morgan fingerprint density at radius 3 is 2.62 bits per heavy atom. The summed E-state index contributed by atoms with van der Waals surface area (Å²) in [4.78, 5) is 33.7. The van der Waals surface area contributed by atoms with Crippen molar-refractivity contribution in [2.24, 2.45) is 0 Å². The second-order valence-electron chi connectivity index (χ2n) is 4.55. The van der Waals surface area contributed by atoms with Crippen LogP contribution in [-0.2, 0) is 23.9 Å². The first-order chi connectivity index (χ1) is 11.4. The lowest BCUT2D eigenvalue weighted by molar-refractivity contribution is -0.150. The normalized spacial score (nSPS) is 9.96. The van der Waals surface area contributed by atoms with E-state index in [9.17, 15) is 18.8 Å². The molecule has 7 nitrogen and oxygen atoms in total. The van der Waals surface area contributed by atoms with Gasteiger partial charge in [0.15, 0.2) is 13.2 Å². The quantitative estimate of drug-likeness (QED) is 0.529. The number of ether oxygens (including phenoxy) is 3. The third-order valence-corrected chi connectivity index (χ3v) is 3.01. The molecule has 1 aromatic carbocycles. The second-order valence-corrected chi connectivity index (χ2v) is 4.96. The number of benzene rings is 1. The van der Waals surface area contributed by atoms with Gasteiger partial charge in [-0.05, 0) is 24.6 Å². The topological polar surface area (TPSA) is 90.9 Å². The minimum atomic E-state index is -0.778. The Labute approximate surface area is 143 Å². The van der Waals surface area contributed by atoms with Crippen molar-refractivity contribution in [1.29, 1.82) is 0 Å². The van der Waals surface area contributed by atoms with Gasteiger partial charge in [-0.2, -0.15) is 0 Å². The SMILES string of the molecule is COC(=O)CCCNC(=O)COC(=O)COc1ccc(F)cc1Cl. The van der Waals surface area contributed by atoms with Crippen molar-refractivity contribution >= 4 is 29.4 Å². The fourth-order valence-electron chi connectivity index (χ4n) is 1.53. The van der Waals surface area contributed by atoms with E-state index in [0.717, 1.165) is 12.1 Å². The second kappa shape index (κ2) is 10.4. The van der Waals surface area contributed by atoms with Gasteiger partial charge in [-0.1, -0.05) is 11.6 Å². The van der Waals surface area contributed by atoms with Crippen LogP contribution < -0.4 is 10.1 Å². The molecule has 1 aromatic rings. The molecule has 0 unspecified atom stereocenters. The largest absolute Gasteiger partial charge is 0.480 e. The Bertz CT molecular complexity index is 595. The van der Waals surface area contributed by atoms with Crippen molar-refractivity contribution < 1.29 is 33.0 Å². The van der Waals surface area contributed by atoms with Crippen molar-refractivity contribution in [1.82, 2.24) is 5.32 Å². The summed E-state index contributed by atoms with van der Waals surface area (Å²) in [7, 11) is 1.28. The molecule has 132 valence electrons. The number of carbonyl (C=O) groups excluding carboxylic acids is 3. The molecule has 0 heterocycles. The Morgan fingerprint density at radius 2 is 1.96 bits per heavy atom. The highest BCUT2D eigenvalue weighted by atomic mass is 35.5. The van der Waals surface area contributed by atoms with Crippen molar-refractivity contribution in [3.8, 4) is 5.75 Å². The van der Waals surface area contributed by atoms with Crippen molar-refractivity contribution in [3.05, 3.63) is 29.0 Å². The van der Waals surface area contributed by atoms with E-state index in [-0.39, 0.29) is 29.7 Å². The van der Waals surface area contributed by atoms with Gasteiger partial charge in [-0.25, -0.2) is 9.18 Å². The minimum Gasteiger partial charge on any atom is -0.480 e. The zero-order valence-electron chi connectivity index (χ0n) is 13.0. The lowest BCUT2D eigenvalue weighted by atomic mass is 10.3. The molecule has 0 spiro atoms. The van der Waals surface area contributed by atoms with E-state index in [2.05, 4.69) is 10.1 Å². The van der Waals surface area contributed by atoms with E-state index in [4.69, 9.17) is 21.1 Å².